The molecule has 3 aromatic rings. The topological polar surface area (TPSA) is 64.0 Å². The fourth-order valence-corrected chi connectivity index (χ4v) is 4.95. The first-order valence-electron chi connectivity index (χ1n) is 9.66. The number of fused-ring (bicyclic) bond motifs is 2. The van der Waals surface area contributed by atoms with Gasteiger partial charge in [0.05, 0.1) is 10.3 Å². The zero-order valence-electron chi connectivity index (χ0n) is 16.8. The van der Waals surface area contributed by atoms with E-state index >= 15 is 0 Å². The highest BCUT2D eigenvalue weighted by Crippen LogP contribution is 2.29. The lowest BCUT2D eigenvalue weighted by Gasteiger charge is -2.26. The Bertz CT molecular complexity index is 1140. The molecule has 1 aromatic carbocycles. The maximum Gasteiger partial charge on any atom is 0.262 e. The normalized spacial score (nSPS) is 13.7. The molecule has 5 nitrogen and oxygen atoms in total. The van der Waals surface area contributed by atoms with Crippen molar-refractivity contribution in [3.8, 4) is 0 Å². The van der Waals surface area contributed by atoms with Crippen LogP contribution in [-0.4, -0.2) is 22.0 Å². The predicted octanol–water partition coefficient (Wildman–Crippen LogP) is 3.73. The Morgan fingerprint density at radius 2 is 2.11 bits per heavy atom. The van der Waals surface area contributed by atoms with E-state index in [9.17, 15) is 9.59 Å². The van der Waals surface area contributed by atoms with Gasteiger partial charge in [-0.3, -0.25) is 14.2 Å². The molecule has 3 heterocycles. The summed E-state index contributed by atoms with van der Waals surface area (Å²) in [7, 11) is 0. The van der Waals surface area contributed by atoms with Gasteiger partial charge in [-0.25, -0.2) is 4.98 Å². The van der Waals surface area contributed by atoms with Crippen LogP contribution < -0.4 is 10.9 Å². The van der Waals surface area contributed by atoms with Crippen LogP contribution in [0.25, 0.3) is 10.2 Å². The summed E-state index contributed by atoms with van der Waals surface area (Å²) < 4.78 is 1.75. The number of carbonyl (C=O) groups is 1. The summed E-state index contributed by atoms with van der Waals surface area (Å²) in [6.07, 6.45) is 1.79. The Labute approximate surface area is 168 Å². The summed E-state index contributed by atoms with van der Waals surface area (Å²) in [4.78, 5) is 31.6. The zero-order chi connectivity index (χ0) is 20.1. The second-order valence-electron chi connectivity index (χ2n) is 8.26. The summed E-state index contributed by atoms with van der Waals surface area (Å²) in [6.45, 7) is 9.41. The minimum atomic E-state index is -0.189. The fraction of sp³-hybridized carbons (Fsp3) is 0.409. The first kappa shape index (κ1) is 18.9. The molecule has 0 saturated heterocycles. The van der Waals surface area contributed by atoms with E-state index in [-0.39, 0.29) is 16.9 Å². The number of aromatic nitrogens is 2. The maximum absolute atomic E-state index is 12.9. The minimum Gasteiger partial charge on any atom is -0.350 e. The first-order chi connectivity index (χ1) is 13.3. The van der Waals surface area contributed by atoms with E-state index in [2.05, 4.69) is 49.3 Å². The molecule has 0 fully saturated rings. The van der Waals surface area contributed by atoms with Crippen LogP contribution in [0.5, 0.6) is 0 Å². The van der Waals surface area contributed by atoms with Gasteiger partial charge in [-0.15, -0.1) is 11.3 Å². The second-order valence-corrected chi connectivity index (χ2v) is 9.26. The van der Waals surface area contributed by atoms with Gasteiger partial charge in [0.1, 0.15) is 10.7 Å². The second kappa shape index (κ2) is 6.85. The standard InChI is InChI=1S/C22H25N3O2S/c1-13-7-5-8-15(11-13)22(3,4)12-23-19(26)18-14(2)17-20(28-18)24-16-9-6-10-25(16)21(17)27/h5,7-8,11H,6,9-10,12H2,1-4H3,(H,23,26). The number of amides is 1. The molecule has 146 valence electrons. The molecule has 0 unspecified atom stereocenters. The van der Waals surface area contributed by atoms with E-state index in [0.717, 1.165) is 30.8 Å². The Balaban J connectivity index is 1.60. The third-order valence-electron chi connectivity index (χ3n) is 5.61. The zero-order valence-corrected chi connectivity index (χ0v) is 17.6. The predicted molar refractivity (Wildman–Crippen MR) is 113 cm³/mol. The molecule has 4 rings (SSSR count). The van der Waals surface area contributed by atoms with Gasteiger partial charge in [-0.05, 0) is 31.4 Å². The molecule has 1 N–H and O–H groups in total. The number of hydrogen-bond acceptors (Lipinski definition) is 4. The summed E-state index contributed by atoms with van der Waals surface area (Å²) >= 11 is 1.32. The van der Waals surface area contributed by atoms with E-state index in [4.69, 9.17) is 0 Å². The Morgan fingerprint density at radius 1 is 1.32 bits per heavy atom. The highest BCUT2D eigenvalue weighted by atomic mass is 32.1. The summed E-state index contributed by atoms with van der Waals surface area (Å²) in [5.41, 5.74) is 2.94. The molecule has 1 aliphatic heterocycles. The molecule has 0 saturated carbocycles. The molecule has 6 heteroatoms. The third-order valence-corrected chi connectivity index (χ3v) is 6.79. The number of hydrogen-bond donors (Lipinski definition) is 1. The van der Waals surface area contributed by atoms with Crippen molar-refractivity contribution >= 4 is 27.5 Å². The van der Waals surface area contributed by atoms with Gasteiger partial charge in [0, 0.05) is 24.9 Å². The average Bonchev–Trinajstić information content (AvgIpc) is 3.25. The van der Waals surface area contributed by atoms with Crippen molar-refractivity contribution in [2.45, 2.75) is 52.5 Å². The van der Waals surface area contributed by atoms with Gasteiger partial charge in [-0.1, -0.05) is 43.7 Å². The number of nitrogens with one attached hydrogen (secondary N) is 1. The van der Waals surface area contributed by atoms with Crippen molar-refractivity contribution in [1.29, 1.82) is 0 Å². The summed E-state index contributed by atoms with van der Waals surface area (Å²) in [6, 6.07) is 8.36. The molecule has 1 aliphatic rings. The largest absolute Gasteiger partial charge is 0.350 e. The lowest BCUT2D eigenvalue weighted by molar-refractivity contribution is 0.0949. The SMILES string of the molecule is Cc1cccc(C(C)(C)CNC(=O)c2sc3nc4n(c(=O)c3c2C)CCC4)c1. The van der Waals surface area contributed by atoms with Crippen molar-refractivity contribution in [2.24, 2.45) is 0 Å². The van der Waals surface area contributed by atoms with E-state index in [1.165, 1.54) is 22.5 Å². The van der Waals surface area contributed by atoms with Gasteiger partial charge in [0.25, 0.3) is 11.5 Å². The van der Waals surface area contributed by atoms with Crippen LogP contribution in [0.1, 0.15) is 52.5 Å². The molecule has 28 heavy (non-hydrogen) atoms. The van der Waals surface area contributed by atoms with Gasteiger partial charge in [0.15, 0.2) is 0 Å². The molecule has 1 amide bonds. The number of carbonyl (C=O) groups excluding carboxylic acids is 1. The van der Waals surface area contributed by atoms with Crippen molar-refractivity contribution < 1.29 is 4.79 Å². The van der Waals surface area contributed by atoms with Crippen LogP contribution in [0.15, 0.2) is 29.1 Å². The Hall–Kier alpha value is -2.47. The highest BCUT2D eigenvalue weighted by molar-refractivity contribution is 7.20. The van der Waals surface area contributed by atoms with Crippen molar-refractivity contribution in [3.05, 3.63) is 62.0 Å². The van der Waals surface area contributed by atoms with E-state index in [1.54, 1.807) is 4.57 Å². The number of aryl methyl sites for hydroxylation is 3. The quantitative estimate of drug-likeness (QED) is 0.732. The van der Waals surface area contributed by atoms with E-state index in [0.29, 0.717) is 21.6 Å². The van der Waals surface area contributed by atoms with Gasteiger partial charge in [-0.2, -0.15) is 0 Å². The van der Waals surface area contributed by atoms with Crippen molar-refractivity contribution in [1.82, 2.24) is 14.9 Å². The summed E-state index contributed by atoms with van der Waals surface area (Å²) in [5, 5.41) is 3.67. The Morgan fingerprint density at radius 3 is 2.86 bits per heavy atom. The van der Waals surface area contributed by atoms with Crippen LogP contribution in [-0.2, 0) is 18.4 Å². The van der Waals surface area contributed by atoms with Crippen LogP contribution >= 0.6 is 11.3 Å². The number of benzene rings is 1. The van der Waals surface area contributed by atoms with E-state index in [1.807, 2.05) is 13.0 Å². The van der Waals surface area contributed by atoms with Crippen LogP contribution in [0.4, 0.5) is 0 Å². The molecule has 0 spiro atoms. The first-order valence-corrected chi connectivity index (χ1v) is 10.5. The van der Waals surface area contributed by atoms with Crippen molar-refractivity contribution in [2.75, 3.05) is 6.54 Å². The lowest BCUT2D eigenvalue weighted by Crippen LogP contribution is -2.36. The van der Waals surface area contributed by atoms with Gasteiger partial charge >= 0.3 is 0 Å². The monoisotopic (exact) mass is 395 g/mol. The van der Waals surface area contributed by atoms with Crippen LogP contribution in [0.3, 0.4) is 0 Å². The average molecular weight is 396 g/mol. The van der Waals surface area contributed by atoms with E-state index < -0.39 is 0 Å². The third kappa shape index (κ3) is 3.15. The molecule has 0 bridgehead atoms. The number of nitrogens with zero attached hydrogens (tertiary/aromatic N) is 2. The number of thiophene rings is 1. The molecular formula is C22H25N3O2S. The molecule has 2 aromatic heterocycles. The van der Waals surface area contributed by atoms with Gasteiger partial charge < -0.3 is 5.32 Å². The minimum absolute atomic E-state index is 0.00890. The molecule has 0 atom stereocenters. The Kier molecular flexibility index (Phi) is 4.62. The molecular weight excluding hydrogens is 370 g/mol. The van der Waals surface area contributed by atoms with Gasteiger partial charge in [0.2, 0.25) is 0 Å². The van der Waals surface area contributed by atoms with Crippen molar-refractivity contribution in [3.63, 3.8) is 0 Å². The highest BCUT2D eigenvalue weighted by Gasteiger charge is 2.26. The van der Waals surface area contributed by atoms with Crippen LogP contribution in [0, 0.1) is 13.8 Å². The summed E-state index contributed by atoms with van der Waals surface area (Å²) in [5.74, 6) is 0.706. The maximum atomic E-state index is 12.9. The fourth-order valence-electron chi connectivity index (χ4n) is 3.84. The molecule has 0 aliphatic carbocycles. The number of rotatable bonds is 4. The van der Waals surface area contributed by atoms with Crippen LogP contribution in [0.2, 0.25) is 0 Å². The lowest BCUT2D eigenvalue weighted by atomic mass is 9.84. The smallest absolute Gasteiger partial charge is 0.262 e. The molecule has 0 radical (unpaired) electrons.